The Morgan fingerprint density at radius 3 is 2.87 bits per heavy atom. The quantitative estimate of drug-likeness (QED) is 0.747. The third-order valence-electron chi connectivity index (χ3n) is 2.65. The number of amides is 1. The SMILES string of the molecule is CC(C)C[C@@H](N)C(=O)NCC1CCSC1. The summed E-state index contributed by atoms with van der Waals surface area (Å²) < 4.78 is 0. The summed E-state index contributed by atoms with van der Waals surface area (Å²) in [5.41, 5.74) is 5.79. The molecule has 88 valence electrons. The molecule has 0 aliphatic carbocycles. The number of nitrogens with two attached hydrogens (primary N) is 1. The van der Waals surface area contributed by atoms with Crippen LogP contribution in [0.4, 0.5) is 0 Å². The Morgan fingerprint density at radius 2 is 2.33 bits per heavy atom. The summed E-state index contributed by atoms with van der Waals surface area (Å²) in [5, 5.41) is 2.95. The van der Waals surface area contributed by atoms with Crippen LogP contribution in [0, 0.1) is 11.8 Å². The van der Waals surface area contributed by atoms with Crippen LogP contribution in [-0.4, -0.2) is 30.0 Å². The smallest absolute Gasteiger partial charge is 0.236 e. The molecule has 3 N–H and O–H groups in total. The molecule has 1 fully saturated rings. The second kappa shape index (κ2) is 6.38. The van der Waals surface area contributed by atoms with Crippen LogP contribution < -0.4 is 11.1 Å². The van der Waals surface area contributed by atoms with Gasteiger partial charge in [-0.1, -0.05) is 13.8 Å². The molecule has 1 amide bonds. The standard InChI is InChI=1S/C11H22N2OS/c1-8(2)5-10(12)11(14)13-6-9-3-4-15-7-9/h8-10H,3-7,12H2,1-2H3,(H,13,14)/t9?,10-/m1/s1. The number of hydrogen-bond acceptors (Lipinski definition) is 3. The Bertz CT molecular complexity index is 203. The van der Waals surface area contributed by atoms with Crippen LogP contribution in [0.2, 0.25) is 0 Å². The Morgan fingerprint density at radius 1 is 1.60 bits per heavy atom. The van der Waals surface area contributed by atoms with Gasteiger partial charge in [-0.25, -0.2) is 0 Å². The first-order valence-corrected chi connectivity index (χ1v) is 6.86. The van der Waals surface area contributed by atoms with E-state index in [2.05, 4.69) is 19.2 Å². The van der Waals surface area contributed by atoms with Gasteiger partial charge in [0.05, 0.1) is 6.04 Å². The first kappa shape index (κ1) is 12.8. The van der Waals surface area contributed by atoms with Gasteiger partial charge >= 0.3 is 0 Å². The predicted molar refractivity (Wildman–Crippen MR) is 65.9 cm³/mol. The molecule has 0 bridgehead atoms. The van der Waals surface area contributed by atoms with Crippen molar-refractivity contribution < 1.29 is 4.79 Å². The van der Waals surface area contributed by atoms with Gasteiger partial charge in [-0.15, -0.1) is 0 Å². The van der Waals surface area contributed by atoms with Gasteiger partial charge in [0, 0.05) is 6.54 Å². The van der Waals surface area contributed by atoms with Crippen LogP contribution in [-0.2, 0) is 4.79 Å². The van der Waals surface area contributed by atoms with E-state index in [-0.39, 0.29) is 11.9 Å². The summed E-state index contributed by atoms with van der Waals surface area (Å²) in [6.07, 6.45) is 2.00. The van der Waals surface area contributed by atoms with Gasteiger partial charge in [-0.05, 0) is 36.2 Å². The molecule has 0 saturated carbocycles. The molecule has 2 atom stereocenters. The van der Waals surface area contributed by atoms with Crippen molar-refractivity contribution in [2.24, 2.45) is 17.6 Å². The van der Waals surface area contributed by atoms with Crippen molar-refractivity contribution in [3.8, 4) is 0 Å². The lowest BCUT2D eigenvalue weighted by molar-refractivity contribution is -0.122. The molecule has 0 aromatic rings. The van der Waals surface area contributed by atoms with Crippen LogP contribution in [0.1, 0.15) is 26.7 Å². The maximum absolute atomic E-state index is 11.6. The van der Waals surface area contributed by atoms with E-state index in [0.29, 0.717) is 11.8 Å². The third-order valence-corrected chi connectivity index (χ3v) is 3.88. The molecular formula is C11H22N2OS. The molecule has 0 radical (unpaired) electrons. The van der Waals surface area contributed by atoms with E-state index in [9.17, 15) is 4.79 Å². The maximum Gasteiger partial charge on any atom is 0.236 e. The largest absolute Gasteiger partial charge is 0.354 e. The molecule has 4 heteroatoms. The Balaban J connectivity index is 2.16. The Kier molecular flexibility index (Phi) is 5.47. The summed E-state index contributed by atoms with van der Waals surface area (Å²) >= 11 is 1.97. The van der Waals surface area contributed by atoms with E-state index in [0.717, 1.165) is 13.0 Å². The average molecular weight is 230 g/mol. The monoisotopic (exact) mass is 230 g/mol. The molecule has 3 nitrogen and oxygen atoms in total. The van der Waals surface area contributed by atoms with Gasteiger partial charge in [-0.2, -0.15) is 11.8 Å². The fourth-order valence-corrected chi connectivity index (χ4v) is 3.02. The summed E-state index contributed by atoms with van der Waals surface area (Å²) in [5.74, 6) is 3.57. The van der Waals surface area contributed by atoms with Gasteiger partial charge in [0.1, 0.15) is 0 Å². The van der Waals surface area contributed by atoms with Gasteiger partial charge in [0.15, 0.2) is 0 Å². The van der Waals surface area contributed by atoms with Crippen LogP contribution in [0.5, 0.6) is 0 Å². The molecule has 1 heterocycles. The number of rotatable bonds is 5. The lowest BCUT2D eigenvalue weighted by Gasteiger charge is -2.16. The van der Waals surface area contributed by atoms with E-state index < -0.39 is 0 Å². The van der Waals surface area contributed by atoms with Crippen molar-refractivity contribution in [1.82, 2.24) is 5.32 Å². The van der Waals surface area contributed by atoms with Crippen molar-refractivity contribution in [2.75, 3.05) is 18.1 Å². The minimum Gasteiger partial charge on any atom is -0.354 e. The molecule has 1 saturated heterocycles. The first-order valence-electron chi connectivity index (χ1n) is 5.70. The highest BCUT2D eigenvalue weighted by Crippen LogP contribution is 2.22. The number of carbonyl (C=O) groups is 1. The van der Waals surface area contributed by atoms with Crippen LogP contribution in [0.3, 0.4) is 0 Å². The van der Waals surface area contributed by atoms with Gasteiger partial charge < -0.3 is 11.1 Å². The fraction of sp³-hybridized carbons (Fsp3) is 0.909. The molecule has 0 spiro atoms. The summed E-state index contributed by atoms with van der Waals surface area (Å²) in [4.78, 5) is 11.6. The van der Waals surface area contributed by atoms with E-state index in [1.165, 1.54) is 17.9 Å². The zero-order valence-corrected chi connectivity index (χ0v) is 10.5. The zero-order valence-electron chi connectivity index (χ0n) is 9.66. The van der Waals surface area contributed by atoms with Crippen LogP contribution >= 0.6 is 11.8 Å². The van der Waals surface area contributed by atoms with E-state index in [1.54, 1.807) is 0 Å². The van der Waals surface area contributed by atoms with Crippen molar-refractivity contribution in [3.05, 3.63) is 0 Å². The molecule has 1 aliphatic rings. The predicted octanol–water partition coefficient (Wildman–Crippen LogP) is 1.23. The Hall–Kier alpha value is -0.220. The number of carbonyl (C=O) groups excluding carboxylic acids is 1. The molecular weight excluding hydrogens is 208 g/mol. The fourth-order valence-electron chi connectivity index (χ4n) is 1.74. The van der Waals surface area contributed by atoms with Gasteiger partial charge in [-0.3, -0.25) is 4.79 Å². The molecule has 15 heavy (non-hydrogen) atoms. The first-order chi connectivity index (χ1) is 7.09. The number of nitrogens with one attached hydrogen (secondary N) is 1. The highest BCUT2D eigenvalue weighted by atomic mass is 32.2. The Labute approximate surface area is 96.6 Å². The molecule has 0 aromatic heterocycles. The zero-order chi connectivity index (χ0) is 11.3. The van der Waals surface area contributed by atoms with E-state index in [4.69, 9.17) is 5.73 Å². The minimum atomic E-state index is -0.334. The van der Waals surface area contributed by atoms with Crippen molar-refractivity contribution in [1.29, 1.82) is 0 Å². The molecule has 1 unspecified atom stereocenters. The van der Waals surface area contributed by atoms with Crippen LogP contribution in [0.15, 0.2) is 0 Å². The van der Waals surface area contributed by atoms with Crippen LogP contribution in [0.25, 0.3) is 0 Å². The van der Waals surface area contributed by atoms with Crippen molar-refractivity contribution in [3.63, 3.8) is 0 Å². The summed E-state index contributed by atoms with van der Waals surface area (Å²) in [6.45, 7) is 4.97. The van der Waals surface area contributed by atoms with Crippen molar-refractivity contribution >= 4 is 17.7 Å². The number of hydrogen-bond donors (Lipinski definition) is 2. The minimum absolute atomic E-state index is 0.0144. The van der Waals surface area contributed by atoms with Crippen molar-refractivity contribution in [2.45, 2.75) is 32.7 Å². The average Bonchev–Trinajstić information content (AvgIpc) is 2.65. The lowest BCUT2D eigenvalue weighted by Crippen LogP contribution is -2.43. The molecule has 0 aromatic carbocycles. The van der Waals surface area contributed by atoms with Gasteiger partial charge in [0.2, 0.25) is 5.91 Å². The maximum atomic E-state index is 11.6. The third kappa shape index (κ3) is 4.89. The molecule has 1 rings (SSSR count). The number of thioether (sulfide) groups is 1. The second-order valence-corrected chi connectivity index (χ2v) is 5.86. The lowest BCUT2D eigenvalue weighted by atomic mass is 10.0. The second-order valence-electron chi connectivity index (χ2n) is 4.71. The van der Waals surface area contributed by atoms with E-state index >= 15 is 0 Å². The normalized spacial score (nSPS) is 23.1. The topological polar surface area (TPSA) is 55.1 Å². The summed E-state index contributed by atoms with van der Waals surface area (Å²) in [7, 11) is 0. The molecule has 1 aliphatic heterocycles. The van der Waals surface area contributed by atoms with E-state index in [1.807, 2.05) is 11.8 Å². The highest BCUT2D eigenvalue weighted by molar-refractivity contribution is 7.99. The van der Waals surface area contributed by atoms with Gasteiger partial charge in [0.25, 0.3) is 0 Å². The highest BCUT2D eigenvalue weighted by Gasteiger charge is 2.19. The summed E-state index contributed by atoms with van der Waals surface area (Å²) in [6, 6.07) is -0.334.